The molecule has 6 heteroatoms. The van der Waals surface area contributed by atoms with Gasteiger partial charge in [-0.05, 0) is 42.5 Å². The van der Waals surface area contributed by atoms with Crippen LogP contribution in [0, 0.1) is 0 Å². The van der Waals surface area contributed by atoms with Gasteiger partial charge >= 0.3 is 0 Å². The molecule has 0 aromatic heterocycles. The molecule has 0 saturated heterocycles. The first-order valence-corrected chi connectivity index (χ1v) is 7.47. The number of nitrogens with one attached hydrogen (secondary N) is 2. The van der Waals surface area contributed by atoms with Crippen LogP contribution in [0.25, 0.3) is 0 Å². The smallest absolute Gasteiger partial charge is 0.226 e. The zero-order valence-electron chi connectivity index (χ0n) is 12.0. The number of halogens is 2. The molecule has 0 radical (unpaired) electrons. The molecule has 0 spiro atoms. The van der Waals surface area contributed by atoms with Crippen LogP contribution in [0.5, 0.6) is 5.75 Å². The highest BCUT2D eigenvalue weighted by Crippen LogP contribution is 2.25. The average molecular weight is 339 g/mol. The Kier molecular flexibility index (Phi) is 5.92. The van der Waals surface area contributed by atoms with E-state index in [9.17, 15) is 4.79 Å². The summed E-state index contributed by atoms with van der Waals surface area (Å²) in [5.74, 6) is 0.697. The third-order valence-corrected chi connectivity index (χ3v) is 3.71. The van der Waals surface area contributed by atoms with Crippen molar-refractivity contribution in [2.24, 2.45) is 0 Å². The highest BCUT2D eigenvalue weighted by Gasteiger charge is 2.04. The molecule has 22 heavy (non-hydrogen) atoms. The van der Waals surface area contributed by atoms with Crippen molar-refractivity contribution in [3.05, 3.63) is 52.5 Å². The molecule has 2 N–H and O–H groups in total. The van der Waals surface area contributed by atoms with Crippen LogP contribution in [0.1, 0.15) is 6.42 Å². The minimum Gasteiger partial charge on any atom is -0.497 e. The Hall–Kier alpha value is -1.91. The van der Waals surface area contributed by atoms with Gasteiger partial charge in [0.2, 0.25) is 5.91 Å². The van der Waals surface area contributed by atoms with E-state index in [1.54, 1.807) is 25.3 Å². The lowest BCUT2D eigenvalue weighted by atomic mass is 10.3. The third kappa shape index (κ3) is 4.83. The van der Waals surface area contributed by atoms with E-state index in [-0.39, 0.29) is 5.91 Å². The largest absolute Gasteiger partial charge is 0.497 e. The van der Waals surface area contributed by atoms with Crippen molar-refractivity contribution in [2.75, 3.05) is 24.3 Å². The Labute approximate surface area is 139 Å². The fraction of sp³-hybridized carbons (Fsp3) is 0.188. The Morgan fingerprint density at radius 3 is 2.36 bits per heavy atom. The Morgan fingerprint density at radius 2 is 1.73 bits per heavy atom. The molecule has 0 unspecified atom stereocenters. The molecule has 2 aromatic carbocycles. The van der Waals surface area contributed by atoms with Gasteiger partial charge in [-0.15, -0.1) is 0 Å². The molecule has 1 amide bonds. The molecule has 2 rings (SSSR count). The number of carbonyl (C=O) groups excluding carboxylic acids is 1. The SMILES string of the molecule is COc1ccc(NCCC(=O)Nc2ccc(Cl)c(Cl)c2)cc1. The summed E-state index contributed by atoms with van der Waals surface area (Å²) >= 11 is 11.7. The van der Waals surface area contributed by atoms with Crippen LogP contribution in [0.3, 0.4) is 0 Å². The van der Waals surface area contributed by atoms with Gasteiger partial charge in [-0.2, -0.15) is 0 Å². The van der Waals surface area contributed by atoms with E-state index in [0.717, 1.165) is 11.4 Å². The summed E-state index contributed by atoms with van der Waals surface area (Å²) in [7, 11) is 1.62. The van der Waals surface area contributed by atoms with Crippen molar-refractivity contribution < 1.29 is 9.53 Å². The number of hydrogen-bond acceptors (Lipinski definition) is 3. The molecule has 0 aliphatic rings. The molecule has 4 nitrogen and oxygen atoms in total. The summed E-state index contributed by atoms with van der Waals surface area (Å²) < 4.78 is 5.08. The second-order valence-corrected chi connectivity index (χ2v) is 5.40. The standard InChI is InChI=1S/C16H16Cl2N2O2/c1-22-13-5-2-11(3-6-13)19-9-8-16(21)20-12-4-7-14(17)15(18)10-12/h2-7,10,19H,8-9H2,1H3,(H,20,21). The van der Waals surface area contributed by atoms with Crippen molar-refractivity contribution in [1.82, 2.24) is 0 Å². The van der Waals surface area contributed by atoms with Gasteiger partial charge in [0.05, 0.1) is 17.2 Å². The van der Waals surface area contributed by atoms with E-state index >= 15 is 0 Å². The number of benzene rings is 2. The van der Waals surface area contributed by atoms with Gasteiger partial charge in [0.25, 0.3) is 0 Å². The molecule has 0 fully saturated rings. The number of ether oxygens (including phenoxy) is 1. The first-order chi connectivity index (χ1) is 10.6. The van der Waals surface area contributed by atoms with Crippen LogP contribution in [-0.4, -0.2) is 19.6 Å². The first kappa shape index (κ1) is 16.5. The number of amides is 1. The Bertz CT molecular complexity index is 645. The predicted molar refractivity (Wildman–Crippen MR) is 91.2 cm³/mol. The maximum Gasteiger partial charge on any atom is 0.226 e. The molecule has 0 atom stereocenters. The van der Waals surface area contributed by atoms with Crippen LogP contribution < -0.4 is 15.4 Å². The average Bonchev–Trinajstić information content (AvgIpc) is 2.51. The fourth-order valence-corrected chi connectivity index (χ4v) is 2.12. The molecule has 2 aromatic rings. The zero-order valence-corrected chi connectivity index (χ0v) is 13.5. The summed E-state index contributed by atoms with van der Waals surface area (Å²) in [5.41, 5.74) is 1.56. The number of rotatable bonds is 6. The monoisotopic (exact) mass is 338 g/mol. The van der Waals surface area contributed by atoms with Crippen molar-refractivity contribution in [3.63, 3.8) is 0 Å². The molecule has 0 aliphatic heterocycles. The molecular weight excluding hydrogens is 323 g/mol. The van der Waals surface area contributed by atoms with E-state index in [4.69, 9.17) is 27.9 Å². The maximum atomic E-state index is 11.9. The minimum absolute atomic E-state index is 0.0978. The highest BCUT2D eigenvalue weighted by atomic mass is 35.5. The van der Waals surface area contributed by atoms with E-state index in [2.05, 4.69) is 10.6 Å². The van der Waals surface area contributed by atoms with Gasteiger partial charge < -0.3 is 15.4 Å². The lowest BCUT2D eigenvalue weighted by molar-refractivity contribution is -0.115. The normalized spacial score (nSPS) is 10.1. The third-order valence-electron chi connectivity index (χ3n) is 2.97. The molecule has 116 valence electrons. The lowest BCUT2D eigenvalue weighted by Gasteiger charge is -2.08. The predicted octanol–water partition coefficient (Wildman–Crippen LogP) is 4.44. The second-order valence-electron chi connectivity index (χ2n) is 4.58. The van der Waals surface area contributed by atoms with Crippen LogP contribution in [0.4, 0.5) is 11.4 Å². The van der Waals surface area contributed by atoms with Gasteiger partial charge in [-0.25, -0.2) is 0 Å². The van der Waals surface area contributed by atoms with Gasteiger partial charge in [0.1, 0.15) is 5.75 Å². The maximum absolute atomic E-state index is 11.9. The molecular formula is C16H16Cl2N2O2. The van der Waals surface area contributed by atoms with Crippen molar-refractivity contribution >= 4 is 40.5 Å². The van der Waals surface area contributed by atoms with Crippen LogP contribution >= 0.6 is 23.2 Å². The molecule has 0 aliphatic carbocycles. The van der Waals surface area contributed by atoms with Crippen LogP contribution in [-0.2, 0) is 4.79 Å². The Morgan fingerprint density at radius 1 is 1.05 bits per heavy atom. The van der Waals surface area contributed by atoms with E-state index in [0.29, 0.717) is 28.7 Å². The summed E-state index contributed by atoms with van der Waals surface area (Å²) in [4.78, 5) is 11.9. The zero-order chi connectivity index (χ0) is 15.9. The Balaban J connectivity index is 1.78. The van der Waals surface area contributed by atoms with E-state index in [1.165, 1.54) is 0 Å². The number of anilines is 2. The summed E-state index contributed by atoms with van der Waals surface area (Å²) in [5, 5.41) is 6.81. The molecule has 0 heterocycles. The van der Waals surface area contributed by atoms with Crippen molar-refractivity contribution in [2.45, 2.75) is 6.42 Å². The van der Waals surface area contributed by atoms with Crippen LogP contribution in [0.2, 0.25) is 10.0 Å². The van der Waals surface area contributed by atoms with E-state index < -0.39 is 0 Å². The quantitative estimate of drug-likeness (QED) is 0.818. The minimum atomic E-state index is -0.0978. The highest BCUT2D eigenvalue weighted by molar-refractivity contribution is 6.42. The second kappa shape index (κ2) is 7.92. The summed E-state index contributed by atoms with van der Waals surface area (Å²) in [6.45, 7) is 0.527. The van der Waals surface area contributed by atoms with Crippen LogP contribution in [0.15, 0.2) is 42.5 Å². The first-order valence-electron chi connectivity index (χ1n) is 6.71. The number of hydrogen-bond donors (Lipinski definition) is 2. The molecule has 0 saturated carbocycles. The molecule has 0 bridgehead atoms. The van der Waals surface area contributed by atoms with Crippen molar-refractivity contribution in [3.8, 4) is 5.75 Å². The van der Waals surface area contributed by atoms with E-state index in [1.807, 2.05) is 24.3 Å². The topological polar surface area (TPSA) is 50.4 Å². The number of methoxy groups -OCH3 is 1. The number of carbonyl (C=O) groups is 1. The van der Waals surface area contributed by atoms with Gasteiger partial charge in [-0.1, -0.05) is 23.2 Å². The van der Waals surface area contributed by atoms with Gasteiger partial charge in [0.15, 0.2) is 0 Å². The fourth-order valence-electron chi connectivity index (χ4n) is 1.83. The van der Waals surface area contributed by atoms with Crippen molar-refractivity contribution in [1.29, 1.82) is 0 Å². The lowest BCUT2D eigenvalue weighted by Crippen LogP contribution is -2.16. The summed E-state index contributed by atoms with van der Waals surface area (Å²) in [6, 6.07) is 12.5. The van der Waals surface area contributed by atoms with Gasteiger partial charge in [-0.3, -0.25) is 4.79 Å². The van der Waals surface area contributed by atoms with Gasteiger partial charge in [0, 0.05) is 24.3 Å². The summed E-state index contributed by atoms with van der Waals surface area (Å²) in [6.07, 6.45) is 0.340.